The summed E-state index contributed by atoms with van der Waals surface area (Å²) in [6.45, 7) is 0.708. The van der Waals surface area contributed by atoms with Crippen molar-refractivity contribution < 1.29 is 27.8 Å². The number of hydrogen-bond donors (Lipinski definition) is 2. The van der Waals surface area contributed by atoms with Crippen molar-refractivity contribution in [2.24, 2.45) is 5.73 Å². The standard InChI is InChI=1S/C14H20F2N2O4/c1-14(2,7-17)18-12(19)8-5-9(20-3)11(22-13(15)16)10(6-8)21-4/h5-6,13H,7,17H2,1-4H3,(H,18,19). The number of carbonyl (C=O) groups excluding carboxylic acids is 1. The van der Waals surface area contributed by atoms with Crippen LogP contribution in [0.15, 0.2) is 12.1 Å². The molecule has 1 aromatic carbocycles. The molecule has 124 valence electrons. The van der Waals surface area contributed by atoms with E-state index in [1.165, 1.54) is 26.4 Å². The molecular weight excluding hydrogens is 298 g/mol. The smallest absolute Gasteiger partial charge is 0.387 e. The van der Waals surface area contributed by atoms with E-state index >= 15 is 0 Å². The van der Waals surface area contributed by atoms with Gasteiger partial charge in [-0.2, -0.15) is 8.78 Å². The summed E-state index contributed by atoms with van der Waals surface area (Å²) in [5.41, 5.74) is 5.12. The Labute approximate surface area is 127 Å². The lowest BCUT2D eigenvalue weighted by molar-refractivity contribution is -0.0526. The SMILES string of the molecule is COc1cc(C(=O)NC(C)(C)CN)cc(OC)c1OC(F)F. The normalized spacial score (nSPS) is 11.3. The fourth-order valence-electron chi connectivity index (χ4n) is 1.65. The van der Waals surface area contributed by atoms with E-state index in [0.717, 1.165) is 0 Å². The molecule has 0 aliphatic carbocycles. The van der Waals surface area contributed by atoms with Crippen LogP contribution in [0, 0.1) is 0 Å². The van der Waals surface area contributed by atoms with Crippen LogP contribution in [0.3, 0.4) is 0 Å². The van der Waals surface area contributed by atoms with E-state index in [1.54, 1.807) is 13.8 Å². The molecule has 22 heavy (non-hydrogen) atoms. The maximum atomic E-state index is 12.5. The van der Waals surface area contributed by atoms with Gasteiger partial charge in [-0.15, -0.1) is 0 Å². The molecule has 0 atom stereocenters. The van der Waals surface area contributed by atoms with Gasteiger partial charge in [0.15, 0.2) is 11.5 Å². The van der Waals surface area contributed by atoms with Gasteiger partial charge in [0.1, 0.15) is 0 Å². The van der Waals surface area contributed by atoms with Crippen LogP contribution in [0.1, 0.15) is 24.2 Å². The summed E-state index contributed by atoms with van der Waals surface area (Å²) in [5.74, 6) is -0.768. The van der Waals surface area contributed by atoms with Crippen molar-refractivity contribution in [3.05, 3.63) is 17.7 Å². The number of halogens is 2. The Hall–Kier alpha value is -2.09. The van der Waals surface area contributed by atoms with Crippen molar-refractivity contribution in [2.45, 2.75) is 26.0 Å². The minimum Gasteiger partial charge on any atom is -0.493 e. The van der Waals surface area contributed by atoms with Crippen molar-refractivity contribution >= 4 is 5.91 Å². The molecular formula is C14H20F2N2O4. The first-order valence-corrected chi connectivity index (χ1v) is 6.47. The largest absolute Gasteiger partial charge is 0.493 e. The number of nitrogens with one attached hydrogen (secondary N) is 1. The van der Waals surface area contributed by atoms with Gasteiger partial charge in [-0.1, -0.05) is 0 Å². The Bertz CT molecular complexity index is 511. The van der Waals surface area contributed by atoms with Gasteiger partial charge < -0.3 is 25.3 Å². The molecule has 0 spiro atoms. The molecule has 0 radical (unpaired) electrons. The lowest BCUT2D eigenvalue weighted by atomic mass is 10.0. The molecule has 0 aliphatic heterocycles. The maximum Gasteiger partial charge on any atom is 0.387 e. The van der Waals surface area contributed by atoms with E-state index in [-0.39, 0.29) is 29.4 Å². The van der Waals surface area contributed by atoms with E-state index in [2.05, 4.69) is 10.1 Å². The van der Waals surface area contributed by atoms with Gasteiger partial charge in [0.05, 0.1) is 14.2 Å². The Morgan fingerprint density at radius 3 is 2.14 bits per heavy atom. The van der Waals surface area contributed by atoms with Gasteiger partial charge in [-0.25, -0.2) is 0 Å². The fraction of sp³-hybridized carbons (Fsp3) is 0.500. The molecule has 8 heteroatoms. The highest BCUT2D eigenvalue weighted by molar-refractivity contribution is 5.96. The number of methoxy groups -OCH3 is 2. The van der Waals surface area contributed by atoms with Gasteiger partial charge in [0.2, 0.25) is 5.75 Å². The monoisotopic (exact) mass is 318 g/mol. The molecule has 0 bridgehead atoms. The van der Waals surface area contributed by atoms with Crippen LogP contribution in [-0.4, -0.2) is 38.8 Å². The number of benzene rings is 1. The Balaban J connectivity index is 3.20. The molecule has 1 rings (SSSR count). The molecule has 0 saturated carbocycles. The van der Waals surface area contributed by atoms with Crippen LogP contribution in [0.25, 0.3) is 0 Å². The van der Waals surface area contributed by atoms with Crippen molar-refractivity contribution in [3.63, 3.8) is 0 Å². The van der Waals surface area contributed by atoms with Crippen molar-refractivity contribution in [2.75, 3.05) is 20.8 Å². The minimum atomic E-state index is -3.04. The first-order chi connectivity index (χ1) is 10.2. The molecule has 0 fully saturated rings. The molecule has 0 saturated heterocycles. The van der Waals surface area contributed by atoms with E-state index in [4.69, 9.17) is 15.2 Å². The zero-order valence-electron chi connectivity index (χ0n) is 12.9. The topological polar surface area (TPSA) is 82.8 Å². The molecule has 0 aliphatic rings. The average molecular weight is 318 g/mol. The van der Waals surface area contributed by atoms with Crippen LogP contribution in [-0.2, 0) is 0 Å². The maximum absolute atomic E-state index is 12.5. The van der Waals surface area contributed by atoms with Gasteiger partial charge in [0, 0.05) is 17.6 Å². The quantitative estimate of drug-likeness (QED) is 0.800. The highest BCUT2D eigenvalue weighted by Gasteiger charge is 2.23. The molecule has 0 unspecified atom stereocenters. The summed E-state index contributed by atoms with van der Waals surface area (Å²) < 4.78 is 39.3. The number of hydrogen-bond acceptors (Lipinski definition) is 5. The molecule has 1 amide bonds. The molecule has 6 nitrogen and oxygen atoms in total. The summed E-state index contributed by atoms with van der Waals surface area (Å²) in [6.07, 6.45) is 0. The van der Waals surface area contributed by atoms with E-state index < -0.39 is 18.1 Å². The van der Waals surface area contributed by atoms with Crippen LogP contribution in [0.4, 0.5) is 8.78 Å². The average Bonchev–Trinajstić information content (AvgIpc) is 2.46. The van der Waals surface area contributed by atoms with Crippen LogP contribution < -0.4 is 25.3 Å². The van der Waals surface area contributed by atoms with Crippen LogP contribution >= 0.6 is 0 Å². The zero-order chi connectivity index (χ0) is 16.9. The van der Waals surface area contributed by atoms with Gasteiger partial charge in [0.25, 0.3) is 5.91 Å². The van der Waals surface area contributed by atoms with Gasteiger partial charge in [-0.05, 0) is 26.0 Å². The number of nitrogens with two attached hydrogens (primary N) is 1. The molecule has 3 N–H and O–H groups in total. The lowest BCUT2D eigenvalue weighted by Gasteiger charge is -2.24. The van der Waals surface area contributed by atoms with E-state index in [0.29, 0.717) is 0 Å². The van der Waals surface area contributed by atoms with Gasteiger partial charge in [-0.3, -0.25) is 4.79 Å². The third-order valence-electron chi connectivity index (χ3n) is 2.89. The third kappa shape index (κ3) is 4.45. The summed E-state index contributed by atoms with van der Waals surface area (Å²) in [6, 6.07) is 2.59. The molecule has 0 aromatic heterocycles. The second-order valence-corrected chi connectivity index (χ2v) is 5.13. The van der Waals surface area contributed by atoms with Crippen molar-refractivity contribution in [1.29, 1.82) is 0 Å². The second kappa shape index (κ2) is 7.26. The van der Waals surface area contributed by atoms with Crippen molar-refractivity contribution in [3.8, 4) is 17.2 Å². The minimum absolute atomic E-state index is 0.0321. The van der Waals surface area contributed by atoms with Crippen LogP contribution in [0.2, 0.25) is 0 Å². The molecule has 1 aromatic rings. The molecule has 0 heterocycles. The Morgan fingerprint density at radius 1 is 1.27 bits per heavy atom. The number of carbonyl (C=O) groups is 1. The number of rotatable bonds is 7. The van der Waals surface area contributed by atoms with Gasteiger partial charge >= 0.3 is 6.61 Å². The third-order valence-corrected chi connectivity index (χ3v) is 2.89. The Morgan fingerprint density at radius 2 is 1.77 bits per heavy atom. The predicted molar refractivity (Wildman–Crippen MR) is 76.8 cm³/mol. The summed E-state index contributed by atoms with van der Waals surface area (Å²) in [4.78, 5) is 12.2. The summed E-state index contributed by atoms with van der Waals surface area (Å²) >= 11 is 0. The first kappa shape index (κ1) is 18.0. The number of ether oxygens (including phenoxy) is 3. The number of alkyl halides is 2. The first-order valence-electron chi connectivity index (χ1n) is 6.47. The lowest BCUT2D eigenvalue weighted by Crippen LogP contribution is -2.48. The van der Waals surface area contributed by atoms with E-state index in [9.17, 15) is 13.6 Å². The number of amides is 1. The highest BCUT2D eigenvalue weighted by atomic mass is 19.3. The zero-order valence-corrected chi connectivity index (χ0v) is 12.9. The summed E-state index contributed by atoms with van der Waals surface area (Å²) in [5, 5.41) is 2.72. The highest BCUT2D eigenvalue weighted by Crippen LogP contribution is 2.39. The van der Waals surface area contributed by atoms with E-state index in [1.807, 2.05) is 0 Å². The second-order valence-electron chi connectivity index (χ2n) is 5.13. The van der Waals surface area contributed by atoms with Crippen molar-refractivity contribution in [1.82, 2.24) is 5.32 Å². The summed E-state index contributed by atoms with van der Waals surface area (Å²) in [7, 11) is 2.55. The van der Waals surface area contributed by atoms with Crippen LogP contribution in [0.5, 0.6) is 17.2 Å². The fourth-order valence-corrected chi connectivity index (χ4v) is 1.65. The Kier molecular flexibility index (Phi) is 5.92. The predicted octanol–water partition coefficient (Wildman–Crippen LogP) is 1.77.